The number of hydrogen-bond donors (Lipinski definition) is 1. The molecular weight excluding hydrogens is 407 g/mol. The highest BCUT2D eigenvalue weighted by Crippen LogP contribution is 2.79. The largest absolute Gasteiger partial charge is 0.394 e. The number of aromatic nitrogens is 2. The first-order chi connectivity index (χ1) is 14.0. The lowest BCUT2D eigenvalue weighted by atomic mass is 9.33. The summed E-state index contributed by atoms with van der Waals surface area (Å²) in [4.78, 5) is 43.5. The third kappa shape index (κ3) is 2.58. The topological polar surface area (TPSA) is 123 Å². The van der Waals surface area contributed by atoms with Crippen LogP contribution in [0, 0.1) is 16.7 Å². The number of halogens is 3. The fourth-order valence-corrected chi connectivity index (χ4v) is 5.21. The first-order valence-corrected chi connectivity index (χ1v) is 9.82. The molecule has 3 aliphatic carbocycles. The first-order valence-electron chi connectivity index (χ1n) is 9.82. The third-order valence-corrected chi connectivity index (χ3v) is 7.13. The smallest absolute Gasteiger partial charge is 0.369 e. The number of rotatable bonds is 4. The van der Waals surface area contributed by atoms with E-state index in [1.54, 1.807) is 9.80 Å². The van der Waals surface area contributed by atoms with Crippen molar-refractivity contribution in [3.8, 4) is 0 Å². The molecule has 12 heteroatoms. The van der Waals surface area contributed by atoms with Gasteiger partial charge < -0.3 is 20.1 Å². The SMILES string of the molecule is NC(=O)[C@H]1CCN(C(=O)N2CC(c3noc(C(=O)C45CC(C(F)(F)F)(C4)C5)n3)C2)C1. The second-order valence-corrected chi connectivity index (χ2v) is 9.09. The molecule has 3 amide bonds. The number of primary amides is 1. The van der Waals surface area contributed by atoms with Crippen LogP contribution >= 0.6 is 0 Å². The van der Waals surface area contributed by atoms with E-state index in [1.165, 1.54) is 0 Å². The van der Waals surface area contributed by atoms with E-state index < -0.39 is 28.7 Å². The number of hydrogen-bond acceptors (Lipinski definition) is 6. The van der Waals surface area contributed by atoms with E-state index in [0.29, 0.717) is 32.6 Å². The molecule has 30 heavy (non-hydrogen) atoms. The molecule has 2 N–H and O–H groups in total. The van der Waals surface area contributed by atoms with Gasteiger partial charge in [-0.15, -0.1) is 0 Å². The average molecular weight is 427 g/mol. The maximum Gasteiger partial charge on any atom is 0.394 e. The van der Waals surface area contributed by atoms with Gasteiger partial charge in [0.1, 0.15) is 0 Å². The molecule has 2 bridgehead atoms. The quantitative estimate of drug-likeness (QED) is 0.723. The molecule has 162 valence electrons. The molecule has 2 aliphatic heterocycles. The van der Waals surface area contributed by atoms with Gasteiger partial charge in [-0.1, -0.05) is 5.16 Å². The lowest BCUT2D eigenvalue weighted by molar-refractivity contribution is -0.346. The zero-order valence-electron chi connectivity index (χ0n) is 15.9. The monoisotopic (exact) mass is 427 g/mol. The summed E-state index contributed by atoms with van der Waals surface area (Å²) >= 11 is 0. The molecular formula is C18H20F3N5O4. The fraction of sp³-hybridized carbons (Fsp3) is 0.722. The van der Waals surface area contributed by atoms with Crippen molar-refractivity contribution >= 4 is 17.7 Å². The summed E-state index contributed by atoms with van der Waals surface area (Å²) in [6.45, 7) is 1.45. The van der Waals surface area contributed by atoms with Crippen LogP contribution in [0.5, 0.6) is 0 Å². The number of urea groups is 1. The minimum Gasteiger partial charge on any atom is -0.369 e. The summed E-state index contributed by atoms with van der Waals surface area (Å²) in [5.41, 5.74) is 2.54. The van der Waals surface area contributed by atoms with Gasteiger partial charge in [-0.05, 0) is 25.7 Å². The summed E-state index contributed by atoms with van der Waals surface area (Å²) in [6, 6.07) is -0.193. The van der Waals surface area contributed by atoms with E-state index in [0.717, 1.165) is 0 Å². The van der Waals surface area contributed by atoms with Crippen molar-refractivity contribution in [2.75, 3.05) is 26.2 Å². The zero-order chi connectivity index (χ0) is 21.5. The lowest BCUT2D eigenvalue weighted by Crippen LogP contribution is -2.70. The van der Waals surface area contributed by atoms with Gasteiger partial charge in [-0.25, -0.2) is 4.79 Å². The average Bonchev–Trinajstić information content (AvgIpc) is 3.19. The van der Waals surface area contributed by atoms with Crippen LogP contribution in [-0.4, -0.2) is 70.0 Å². The normalized spacial score (nSPS) is 33.0. The number of ketones is 1. The van der Waals surface area contributed by atoms with Crippen LogP contribution in [0.4, 0.5) is 18.0 Å². The maximum absolute atomic E-state index is 13.0. The Morgan fingerprint density at radius 1 is 1.10 bits per heavy atom. The van der Waals surface area contributed by atoms with Crippen LogP contribution in [-0.2, 0) is 4.79 Å². The molecule has 9 nitrogen and oxygen atoms in total. The second-order valence-electron chi connectivity index (χ2n) is 9.09. The van der Waals surface area contributed by atoms with Crippen molar-refractivity contribution in [3.63, 3.8) is 0 Å². The summed E-state index contributed by atoms with van der Waals surface area (Å²) in [5, 5.41) is 3.80. The molecule has 0 unspecified atom stereocenters. The Bertz CT molecular complexity index is 919. The minimum atomic E-state index is -4.29. The van der Waals surface area contributed by atoms with Crippen LogP contribution in [0.2, 0.25) is 0 Å². The molecule has 0 spiro atoms. The Hall–Kier alpha value is -2.66. The van der Waals surface area contributed by atoms with Crippen LogP contribution in [0.1, 0.15) is 48.1 Å². The minimum absolute atomic E-state index is 0.193. The number of Topliss-reactive ketones (excluding diaryl/α,β-unsaturated/α-hetero) is 1. The molecule has 2 saturated heterocycles. The van der Waals surface area contributed by atoms with Crippen molar-refractivity contribution in [1.82, 2.24) is 19.9 Å². The number of nitrogens with zero attached hydrogens (tertiary/aromatic N) is 4. The predicted molar refractivity (Wildman–Crippen MR) is 92.0 cm³/mol. The Morgan fingerprint density at radius 2 is 1.77 bits per heavy atom. The fourth-order valence-electron chi connectivity index (χ4n) is 5.21. The Kier molecular flexibility index (Phi) is 3.83. The van der Waals surface area contributed by atoms with E-state index in [9.17, 15) is 27.6 Å². The second kappa shape index (κ2) is 5.94. The van der Waals surface area contributed by atoms with Crippen LogP contribution in [0.25, 0.3) is 0 Å². The van der Waals surface area contributed by atoms with Crippen LogP contribution in [0.15, 0.2) is 4.52 Å². The molecule has 1 aromatic heterocycles. The number of carbonyl (C=O) groups is 3. The van der Waals surface area contributed by atoms with Gasteiger partial charge in [0.25, 0.3) is 5.89 Å². The van der Waals surface area contributed by atoms with Gasteiger partial charge in [0.05, 0.1) is 17.3 Å². The first kappa shape index (κ1) is 19.3. The molecule has 0 radical (unpaired) electrons. The van der Waals surface area contributed by atoms with Crippen molar-refractivity contribution in [1.29, 1.82) is 0 Å². The number of nitrogens with two attached hydrogens (primary N) is 1. The van der Waals surface area contributed by atoms with E-state index in [-0.39, 0.29) is 48.8 Å². The predicted octanol–water partition coefficient (Wildman–Crippen LogP) is 1.31. The summed E-state index contributed by atoms with van der Waals surface area (Å²) < 4.78 is 44.0. The molecule has 3 heterocycles. The molecule has 5 aliphatic rings. The standard InChI is InChI=1S/C18H20F3N5O4/c19-18(20,21)17-6-16(7-17,8-17)11(27)14-23-13(24-30-14)10-4-26(5-10)15(29)25-2-1-9(3-25)12(22)28/h9-10H,1-8H2,(H2,22,28)/t9-,16?,17?/m0/s1. The Labute approximate surface area is 168 Å². The molecule has 3 saturated carbocycles. The van der Waals surface area contributed by atoms with E-state index in [1.807, 2.05) is 0 Å². The molecule has 0 aromatic carbocycles. The molecule has 1 aromatic rings. The lowest BCUT2D eigenvalue weighted by Gasteiger charge is -2.68. The maximum atomic E-state index is 13.0. The third-order valence-electron chi connectivity index (χ3n) is 7.13. The van der Waals surface area contributed by atoms with Crippen molar-refractivity contribution in [2.24, 2.45) is 22.5 Å². The molecule has 6 rings (SSSR count). The zero-order valence-corrected chi connectivity index (χ0v) is 15.9. The number of carbonyl (C=O) groups excluding carboxylic acids is 3. The Morgan fingerprint density at radius 3 is 2.33 bits per heavy atom. The van der Waals surface area contributed by atoms with Gasteiger partial charge in [0, 0.05) is 31.6 Å². The number of alkyl halides is 3. The highest BCUT2D eigenvalue weighted by atomic mass is 19.4. The van der Waals surface area contributed by atoms with Gasteiger partial charge in [-0.3, -0.25) is 9.59 Å². The number of amides is 3. The van der Waals surface area contributed by atoms with E-state index in [4.69, 9.17) is 10.3 Å². The van der Waals surface area contributed by atoms with E-state index in [2.05, 4.69) is 10.1 Å². The van der Waals surface area contributed by atoms with Gasteiger partial charge in [-0.2, -0.15) is 18.2 Å². The summed E-state index contributed by atoms with van der Waals surface area (Å²) in [6.07, 6.45) is -4.38. The number of likely N-dealkylation sites (tertiary alicyclic amines) is 2. The van der Waals surface area contributed by atoms with Gasteiger partial charge in [0.15, 0.2) is 5.82 Å². The van der Waals surface area contributed by atoms with Crippen molar-refractivity contribution < 1.29 is 32.1 Å². The van der Waals surface area contributed by atoms with Crippen LogP contribution in [0.3, 0.4) is 0 Å². The van der Waals surface area contributed by atoms with Crippen molar-refractivity contribution in [3.05, 3.63) is 11.7 Å². The highest BCUT2D eigenvalue weighted by molar-refractivity contribution is 5.99. The van der Waals surface area contributed by atoms with Crippen molar-refractivity contribution in [2.45, 2.75) is 37.8 Å². The highest BCUT2D eigenvalue weighted by Gasteiger charge is 2.81. The summed E-state index contributed by atoms with van der Waals surface area (Å²) in [5.74, 6) is -1.45. The Balaban J connectivity index is 1.15. The van der Waals surface area contributed by atoms with E-state index >= 15 is 0 Å². The van der Waals surface area contributed by atoms with Gasteiger partial charge >= 0.3 is 12.2 Å². The van der Waals surface area contributed by atoms with Gasteiger partial charge in [0.2, 0.25) is 11.7 Å². The molecule has 5 fully saturated rings. The molecule has 1 atom stereocenters. The van der Waals surface area contributed by atoms with Crippen LogP contribution < -0.4 is 5.73 Å². The summed E-state index contributed by atoms with van der Waals surface area (Å²) in [7, 11) is 0.